The molecule has 3 aliphatic rings. The highest BCUT2D eigenvalue weighted by atomic mass is 16.6. The molecule has 1 amide bonds. The van der Waals surface area contributed by atoms with Crippen LogP contribution in [0.15, 0.2) is 0 Å². The highest BCUT2D eigenvalue weighted by molar-refractivity contribution is 5.68. The van der Waals surface area contributed by atoms with Gasteiger partial charge in [0.15, 0.2) is 0 Å². The molecular formula is C20H36N2O2. The maximum Gasteiger partial charge on any atom is 0.410 e. The van der Waals surface area contributed by atoms with E-state index >= 15 is 0 Å². The quantitative estimate of drug-likeness (QED) is 0.823. The molecule has 3 aliphatic carbocycles. The highest BCUT2D eigenvalue weighted by Crippen LogP contribution is 2.58. The van der Waals surface area contributed by atoms with Crippen molar-refractivity contribution in [3.05, 3.63) is 0 Å². The summed E-state index contributed by atoms with van der Waals surface area (Å²) in [6.45, 7) is 11.5. The van der Waals surface area contributed by atoms with Crippen molar-refractivity contribution in [2.45, 2.75) is 84.4 Å². The lowest BCUT2D eigenvalue weighted by Gasteiger charge is -2.34. The fraction of sp³-hybridized carbons (Fsp3) is 0.950. The summed E-state index contributed by atoms with van der Waals surface area (Å²) in [7, 11) is 0. The van der Waals surface area contributed by atoms with Crippen LogP contribution < -0.4 is 5.32 Å². The molecule has 3 rings (SSSR count). The van der Waals surface area contributed by atoms with Crippen molar-refractivity contribution >= 4 is 6.09 Å². The van der Waals surface area contributed by atoms with Crippen molar-refractivity contribution in [2.75, 3.05) is 13.1 Å². The van der Waals surface area contributed by atoms with Crippen LogP contribution in [0.1, 0.15) is 66.7 Å². The van der Waals surface area contributed by atoms with Gasteiger partial charge in [0.25, 0.3) is 0 Å². The first-order valence-corrected chi connectivity index (χ1v) is 9.99. The molecule has 0 spiro atoms. The second-order valence-corrected chi connectivity index (χ2v) is 9.48. The summed E-state index contributed by atoms with van der Waals surface area (Å²) in [6.07, 6.45) is 7.02. The Labute approximate surface area is 147 Å². The first-order valence-electron chi connectivity index (χ1n) is 9.99. The molecule has 0 aromatic heterocycles. The molecule has 24 heavy (non-hydrogen) atoms. The topological polar surface area (TPSA) is 41.6 Å². The van der Waals surface area contributed by atoms with Gasteiger partial charge in [0.1, 0.15) is 5.60 Å². The van der Waals surface area contributed by atoms with Gasteiger partial charge in [-0.1, -0.05) is 6.42 Å². The van der Waals surface area contributed by atoms with Gasteiger partial charge < -0.3 is 15.0 Å². The second-order valence-electron chi connectivity index (χ2n) is 9.48. The van der Waals surface area contributed by atoms with Gasteiger partial charge in [-0.2, -0.15) is 0 Å². The molecule has 138 valence electrons. The van der Waals surface area contributed by atoms with Crippen LogP contribution in [-0.4, -0.2) is 41.8 Å². The third kappa shape index (κ3) is 3.74. The van der Waals surface area contributed by atoms with Crippen LogP contribution in [0.5, 0.6) is 0 Å². The molecule has 0 aromatic rings. The van der Waals surface area contributed by atoms with Crippen LogP contribution in [0.25, 0.3) is 0 Å². The standard InChI is InChI=1S/C20H36N2O2/c1-13(2)22(19(23)24-20(3,4)5)10-9-21-18-12-14-11-17(18)16-8-6-7-15(14)16/h13-18,21H,6-12H2,1-5H3. The van der Waals surface area contributed by atoms with Crippen LogP contribution in [0.4, 0.5) is 4.79 Å². The Kier molecular flexibility index (Phi) is 5.15. The SMILES string of the molecule is CC(C)N(CCNC1CC2CC1C1CCCC21)C(=O)OC(C)(C)C. The maximum atomic E-state index is 12.4. The minimum Gasteiger partial charge on any atom is -0.444 e. The van der Waals surface area contributed by atoms with Crippen LogP contribution in [0, 0.1) is 23.7 Å². The molecule has 5 unspecified atom stereocenters. The van der Waals surface area contributed by atoms with E-state index in [1.54, 1.807) is 0 Å². The van der Waals surface area contributed by atoms with Crippen LogP contribution >= 0.6 is 0 Å². The molecule has 5 atom stereocenters. The van der Waals surface area contributed by atoms with Gasteiger partial charge in [0, 0.05) is 25.2 Å². The molecule has 2 bridgehead atoms. The fourth-order valence-electron chi connectivity index (χ4n) is 5.55. The van der Waals surface area contributed by atoms with E-state index in [1.165, 1.54) is 32.1 Å². The number of hydrogen-bond donors (Lipinski definition) is 1. The summed E-state index contributed by atoms with van der Waals surface area (Å²) < 4.78 is 5.55. The monoisotopic (exact) mass is 336 g/mol. The van der Waals surface area contributed by atoms with Crippen molar-refractivity contribution in [3.8, 4) is 0 Å². The van der Waals surface area contributed by atoms with E-state index in [2.05, 4.69) is 19.2 Å². The third-order valence-electron chi connectivity index (χ3n) is 6.44. The zero-order valence-corrected chi connectivity index (χ0v) is 16.2. The Balaban J connectivity index is 1.47. The fourth-order valence-corrected chi connectivity index (χ4v) is 5.55. The second kappa shape index (κ2) is 6.86. The van der Waals surface area contributed by atoms with E-state index < -0.39 is 5.60 Å². The van der Waals surface area contributed by atoms with E-state index in [0.29, 0.717) is 6.04 Å². The predicted molar refractivity (Wildman–Crippen MR) is 96.9 cm³/mol. The number of nitrogens with zero attached hydrogens (tertiary/aromatic N) is 1. The normalized spacial score (nSPS) is 34.7. The summed E-state index contributed by atoms with van der Waals surface area (Å²) >= 11 is 0. The summed E-state index contributed by atoms with van der Waals surface area (Å²) in [6, 6.07) is 0.850. The van der Waals surface area contributed by atoms with Crippen LogP contribution in [0.3, 0.4) is 0 Å². The van der Waals surface area contributed by atoms with E-state index in [1.807, 2.05) is 25.7 Å². The van der Waals surface area contributed by atoms with Crippen LogP contribution in [0.2, 0.25) is 0 Å². The molecule has 3 saturated carbocycles. The smallest absolute Gasteiger partial charge is 0.410 e. The minimum absolute atomic E-state index is 0.167. The Morgan fingerprint density at radius 3 is 2.54 bits per heavy atom. The average molecular weight is 337 g/mol. The van der Waals surface area contributed by atoms with Crippen molar-refractivity contribution in [1.82, 2.24) is 10.2 Å². The number of fused-ring (bicyclic) bond motifs is 5. The number of hydrogen-bond acceptors (Lipinski definition) is 3. The number of carbonyl (C=O) groups is 1. The van der Waals surface area contributed by atoms with Crippen molar-refractivity contribution in [3.63, 3.8) is 0 Å². The van der Waals surface area contributed by atoms with Crippen molar-refractivity contribution < 1.29 is 9.53 Å². The largest absolute Gasteiger partial charge is 0.444 e. The van der Waals surface area contributed by atoms with Gasteiger partial charge in [0.2, 0.25) is 0 Å². The van der Waals surface area contributed by atoms with E-state index in [-0.39, 0.29) is 12.1 Å². The van der Waals surface area contributed by atoms with Gasteiger partial charge in [-0.15, -0.1) is 0 Å². The van der Waals surface area contributed by atoms with E-state index in [4.69, 9.17) is 4.74 Å². The molecule has 3 fully saturated rings. The van der Waals surface area contributed by atoms with E-state index in [0.717, 1.165) is 36.8 Å². The Morgan fingerprint density at radius 2 is 1.88 bits per heavy atom. The van der Waals surface area contributed by atoms with Crippen molar-refractivity contribution in [1.29, 1.82) is 0 Å². The summed E-state index contributed by atoms with van der Waals surface area (Å²) in [5.74, 6) is 3.92. The minimum atomic E-state index is -0.431. The van der Waals surface area contributed by atoms with E-state index in [9.17, 15) is 4.79 Å². The first-order chi connectivity index (χ1) is 11.3. The third-order valence-corrected chi connectivity index (χ3v) is 6.44. The Morgan fingerprint density at radius 1 is 1.17 bits per heavy atom. The molecule has 1 N–H and O–H groups in total. The number of ether oxygens (including phenoxy) is 1. The van der Waals surface area contributed by atoms with Gasteiger partial charge in [-0.05, 0) is 84.0 Å². The molecule has 4 heteroatoms. The lowest BCUT2D eigenvalue weighted by molar-refractivity contribution is 0.0190. The Bertz CT molecular complexity index is 457. The molecule has 4 nitrogen and oxygen atoms in total. The lowest BCUT2D eigenvalue weighted by Crippen LogP contribution is -2.47. The summed E-state index contributed by atoms with van der Waals surface area (Å²) in [5, 5.41) is 3.78. The predicted octanol–water partition coefficient (Wildman–Crippen LogP) is 4.05. The highest BCUT2D eigenvalue weighted by Gasteiger charge is 2.53. The molecule has 0 aliphatic heterocycles. The number of rotatable bonds is 5. The van der Waals surface area contributed by atoms with Crippen molar-refractivity contribution in [2.24, 2.45) is 23.7 Å². The summed E-state index contributed by atoms with van der Waals surface area (Å²) in [5.41, 5.74) is -0.431. The maximum absolute atomic E-state index is 12.4. The zero-order valence-electron chi connectivity index (χ0n) is 16.2. The number of nitrogens with one attached hydrogen (secondary N) is 1. The Hall–Kier alpha value is -0.770. The molecule has 0 radical (unpaired) electrons. The molecular weight excluding hydrogens is 300 g/mol. The number of carbonyl (C=O) groups excluding carboxylic acids is 1. The van der Waals surface area contributed by atoms with Gasteiger partial charge in [-0.3, -0.25) is 0 Å². The molecule has 0 saturated heterocycles. The summed E-state index contributed by atoms with van der Waals surface area (Å²) in [4.78, 5) is 14.2. The molecule has 0 aromatic carbocycles. The van der Waals surface area contributed by atoms with Gasteiger partial charge in [0.05, 0.1) is 0 Å². The zero-order chi connectivity index (χ0) is 17.5. The van der Waals surface area contributed by atoms with Crippen LogP contribution in [-0.2, 0) is 4.74 Å². The number of amides is 1. The average Bonchev–Trinajstić information content (AvgIpc) is 3.12. The van der Waals surface area contributed by atoms with Gasteiger partial charge in [-0.25, -0.2) is 4.79 Å². The molecule has 0 heterocycles. The lowest BCUT2D eigenvalue weighted by atomic mass is 9.79. The van der Waals surface area contributed by atoms with Gasteiger partial charge >= 0.3 is 6.09 Å². The first kappa shape index (κ1) is 18.0.